The number of aryl methyl sites for hydroxylation is 1. The third kappa shape index (κ3) is 5.24. The Morgan fingerprint density at radius 3 is 2.75 bits per heavy atom. The molecule has 2 aliphatic heterocycles. The Kier molecular flexibility index (Phi) is 7.11. The van der Waals surface area contributed by atoms with Crippen LogP contribution in [-0.2, 0) is 4.74 Å². The van der Waals surface area contributed by atoms with Crippen LogP contribution in [0.25, 0.3) is 16.6 Å². The van der Waals surface area contributed by atoms with E-state index in [4.69, 9.17) is 19.2 Å². The van der Waals surface area contributed by atoms with Gasteiger partial charge in [-0.05, 0) is 45.7 Å². The lowest BCUT2D eigenvalue weighted by molar-refractivity contribution is 0.0646. The summed E-state index contributed by atoms with van der Waals surface area (Å²) in [5.74, 6) is 0.297. The van der Waals surface area contributed by atoms with E-state index >= 15 is 0 Å². The van der Waals surface area contributed by atoms with E-state index < -0.39 is 0 Å². The quantitative estimate of drug-likeness (QED) is 0.357. The monoisotopic (exact) mass is 546 g/mol. The first-order valence-electron chi connectivity index (χ1n) is 13.6. The first kappa shape index (κ1) is 26.2. The SMILES string of the molecule is COc1nc(NC(=O)c2ccc(N3C[C@H](C)N[C@@H](C)C3)c3cnc(OCC4CCCO4)nc23)cn2cc(C)nc12. The number of imidazole rings is 1. The van der Waals surface area contributed by atoms with E-state index in [1.807, 2.05) is 19.2 Å². The van der Waals surface area contributed by atoms with Gasteiger partial charge in [0.2, 0.25) is 5.65 Å². The summed E-state index contributed by atoms with van der Waals surface area (Å²) in [5, 5.41) is 7.26. The van der Waals surface area contributed by atoms with Crippen LogP contribution < -0.4 is 25.0 Å². The minimum atomic E-state index is -0.354. The third-order valence-electron chi connectivity index (χ3n) is 7.23. The molecule has 40 heavy (non-hydrogen) atoms. The zero-order chi connectivity index (χ0) is 27.8. The highest BCUT2D eigenvalue weighted by Crippen LogP contribution is 2.31. The molecule has 4 aromatic rings. The molecule has 12 heteroatoms. The van der Waals surface area contributed by atoms with Gasteiger partial charge < -0.3 is 29.7 Å². The van der Waals surface area contributed by atoms with Crippen LogP contribution in [0.15, 0.2) is 30.7 Å². The first-order chi connectivity index (χ1) is 19.4. The van der Waals surface area contributed by atoms with Crippen molar-refractivity contribution in [3.8, 4) is 11.9 Å². The molecule has 1 amide bonds. The number of nitrogens with zero attached hydrogens (tertiary/aromatic N) is 6. The molecule has 2 fully saturated rings. The molecular weight excluding hydrogens is 512 g/mol. The fourth-order valence-electron chi connectivity index (χ4n) is 5.56. The van der Waals surface area contributed by atoms with Crippen LogP contribution in [0.4, 0.5) is 11.5 Å². The van der Waals surface area contributed by atoms with Crippen LogP contribution in [-0.4, -0.2) is 81.8 Å². The van der Waals surface area contributed by atoms with Gasteiger partial charge in [-0.1, -0.05) is 0 Å². The Hall–Kier alpha value is -4.03. The smallest absolute Gasteiger partial charge is 0.317 e. The van der Waals surface area contributed by atoms with Crippen molar-refractivity contribution in [3.05, 3.63) is 42.0 Å². The minimum Gasteiger partial charge on any atom is -0.478 e. The number of rotatable bonds is 7. The van der Waals surface area contributed by atoms with Gasteiger partial charge in [-0.15, -0.1) is 0 Å². The van der Waals surface area contributed by atoms with E-state index in [2.05, 4.69) is 44.3 Å². The largest absolute Gasteiger partial charge is 0.478 e. The lowest BCUT2D eigenvalue weighted by atomic mass is 10.0. The summed E-state index contributed by atoms with van der Waals surface area (Å²) in [5.41, 5.74) is 3.27. The summed E-state index contributed by atoms with van der Waals surface area (Å²) in [4.78, 5) is 34.1. The van der Waals surface area contributed by atoms with E-state index in [-0.39, 0.29) is 18.0 Å². The predicted octanol–water partition coefficient (Wildman–Crippen LogP) is 2.99. The molecule has 0 radical (unpaired) electrons. The van der Waals surface area contributed by atoms with Crippen molar-refractivity contribution in [2.45, 2.75) is 51.8 Å². The number of hydrogen-bond acceptors (Lipinski definition) is 10. The second-order valence-corrected chi connectivity index (χ2v) is 10.6. The number of anilines is 2. The second-order valence-electron chi connectivity index (χ2n) is 10.6. The molecule has 3 atom stereocenters. The fourth-order valence-corrected chi connectivity index (χ4v) is 5.56. The van der Waals surface area contributed by atoms with Gasteiger partial charge >= 0.3 is 6.01 Å². The molecule has 0 spiro atoms. The summed E-state index contributed by atoms with van der Waals surface area (Å²) in [6.45, 7) is 8.99. The van der Waals surface area contributed by atoms with Crippen molar-refractivity contribution in [1.29, 1.82) is 0 Å². The normalized spacial score (nSPS) is 21.2. The Morgan fingerprint density at radius 2 is 2.00 bits per heavy atom. The Bertz CT molecular complexity index is 1540. The molecule has 2 aliphatic rings. The first-order valence-corrected chi connectivity index (χ1v) is 13.6. The third-order valence-corrected chi connectivity index (χ3v) is 7.23. The van der Waals surface area contributed by atoms with Crippen molar-refractivity contribution in [3.63, 3.8) is 0 Å². The molecule has 5 heterocycles. The van der Waals surface area contributed by atoms with E-state index in [9.17, 15) is 4.79 Å². The molecule has 6 rings (SSSR count). The molecule has 1 aromatic carbocycles. The van der Waals surface area contributed by atoms with E-state index in [0.29, 0.717) is 47.1 Å². The second kappa shape index (κ2) is 10.9. The summed E-state index contributed by atoms with van der Waals surface area (Å²) in [7, 11) is 1.52. The molecule has 1 unspecified atom stereocenters. The van der Waals surface area contributed by atoms with Gasteiger partial charge in [0, 0.05) is 55.2 Å². The van der Waals surface area contributed by atoms with E-state index in [0.717, 1.165) is 49.3 Å². The van der Waals surface area contributed by atoms with Gasteiger partial charge in [0.05, 0.1) is 36.2 Å². The molecule has 210 valence electrons. The van der Waals surface area contributed by atoms with Gasteiger partial charge in [-0.3, -0.25) is 9.20 Å². The molecule has 0 saturated carbocycles. The summed E-state index contributed by atoms with van der Waals surface area (Å²) in [6, 6.07) is 4.62. The molecule has 2 N–H and O–H groups in total. The number of methoxy groups -OCH3 is 1. The molecular formula is C28H34N8O4. The number of nitrogens with one attached hydrogen (secondary N) is 2. The van der Waals surface area contributed by atoms with Crippen LogP contribution in [0.3, 0.4) is 0 Å². The number of amides is 1. The van der Waals surface area contributed by atoms with Crippen molar-refractivity contribution in [1.82, 2.24) is 29.7 Å². The molecule has 12 nitrogen and oxygen atoms in total. The van der Waals surface area contributed by atoms with Crippen molar-refractivity contribution < 1.29 is 19.0 Å². The summed E-state index contributed by atoms with van der Waals surface area (Å²) in [6.07, 6.45) is 7.30. The maximum Gasteiger partial charge on any atom is 0.317 e. The van der Waals surface area contributed by atoms with Gasteiger partial charge in [-0.25, -0.2) is 9.97 Å². The number of benzene rings is 1. The molecule has 3 aromatic heterocycles. The van der Waals surface area contributed by atoms with E-state index in [1.165, 1.54) is 7.11 Å². The van der Waals surface area contributed by atoms with Crippen LogP contribution in [0.1, 0.15) is 42.7 Å². The minimum absolute atomic E-state index is 0.0278. The van der Waals surface area contributed by atoms with Crippen molar-refractivity contribution in [2.24, 2.45) is 0 Å². The van der Waals surface area contributed by atoms with Crippen LogP contribution >= 0.6 is 0 Å². The van der Waals surface area contributed by atoms with Gasteiger partial charge in [-0.2, -0.15) is 9.97 Å². The number of carbonyl (C=O) groups is 1. The topological polar surface area (TPSA) is 128 Å². The lowest BCUT2D eigenvalue weighted by Gasteiger charge is -2.38. The lowest BCUT2D eigenvalue weighted by Crippen LogP contribution is -2.54. The number of piperazine rings is 1. The van der Waals surface area contributed by atoms with Crippen LogP contribution in [0, 0.1) is 6.92 Å². The summed E-state index contributed by atoms with van der Waals surface area (Å²) >= 11 is 0. The maximum atomic E-state index is 13.7. The molecule has 0 bridgehead atoms. The summed E-state index contributed by atoms with van der Waals surface area (Å²) < 4.78 is 18.8. The maximum absolute atomic E-state index is 13.7. The van der Waals surface area contributed by atoms with Crippen molar-refractivity contribution in [2.75, 3.05) is 43.6 Å². The van der Waals surface area contributed by atoms with Crippen LogP contribution in [0.2, 0.25) is 0 Å². The predicted molar refractivity (Wildman–Crippen MR) is 151 cm³/mol. The standard InChI is InChI=1S/C28H34N8O4/c1-16-11-35(12-17(2)30-16)22-8-7-20(24-21(22)10-29-28(34-24)40-15-19-6-5-9-39-19)26(37)32-23-14-36-13-18(3)31-25(36)27(33-23)38-4/h7-8,10,13-14,16-17,19,30H,5-6,9,11-12,15H2,1-4H3,(H,32,37)/t16-,17-,19?/m0/s1. The number of ether oxygens (including phenoxy) is 3. The Morgan fingerprint density at radius 1 is 1.18 bits per heavy atom. The highest BCUT2D eigenvalue weighted by Gasteiger charge is 2.25. The van der Waals surface area contributed by atoms with Gasteiger partial charge in [0.25, 0.3) is 11.8 Å². The Labute approximate surface area is 232 Å². The number of fused-ring (bicyclic) bond motifs is 2. The van der Waals surface area contributed by atoms with Gasteiger partial charge in [0.15, 0.2) is 5.82 Å². The highest BCUT2D eigenvalue weighted by molar-refractivity contribution is 6.13. The fraction of sp³-hybridized carbons (Fsp3) is 0.464. The zero-order valence-electron chi connectivity index (χ0n) is 23.2. The molecule has 0 aliphatic carbocycles. The molecule has 2 saturated heterocycles. The average Bonchev–Trinajstić information content (AvgIpc) is 3.59. The van der Waals surface area contributed by atoms with Crippen LogP contribution in [0.5, 0.6) is 11.9 Å². The number of aromatic nitrogens is 5. The zero-order valence-corrected chi connectivity index (χ0v) is 23.2. The number of carbonyl (C=O) groups excluding carboxylic acids is 1. The Balaban J connectivity index is 1.36. The highest BCUT2D eigenvalue weighted by atomic mass is 16.5. The number of hydrogen-bond donors (Lipinski definition) is 2. The van der Waals surface area contributed by atoms with Crippen molar-refractivity contribution >= 4 is 34.0 Å². The van der Waals surface area contributed by atoms with E-state index in [1.54, 1.807) is 22.9 Å². The van der Waals surface area contributed by atoms with Gasteiger partial charge in [0.1, 0.15) is 6.61 Å². The average molecular weight is 547 g/mol.